The smallest absolute Gasteiger partial charge is 0.303 e. The van der Waals surface area contributed by atoms with Gasteiger partial charge in [-0.05, 0) is 97.7 Å². The predicted molar refractivity (Wildman–Crippen MR) is 110 cm³/mol. The first-order valence-electron chi connectivity index (χ1n) is 11.9. The predicted octanol–water partition coefficient (Wildman–Crippen LogP) is 3.45. The number of hydrogen-bond donors (Lipinski definition) is 4. The highest BCUT2D eigenvalue weighted by atomic mass is 16.4. The van der Waals surface area contributed by atoms with Crippen molar-refractivity contribution in [2.75, 3.05) is 0 Å². The van der Waals surface area contributed by atoms with Crippen molar-refractivity contribution in [2.24, 2.45) is 46.3 Å². The highest BCUT2D eigenvalue weighted by Gasteiger charge is 2.65. The molecule has 4 aliphatic carbocycles. The second kappa shape index (κ2) is 7.49. The fraction of sp³-hybridized carbons (Fsp3) is 0.958. The van der Waals surface area contributed by atoms with E-state index in [9.17, 15) is 20.1 Å². The van der Waals surface area contributed by atoms with E-state index in [1.54, 1.807) is 0 Å². The number of carboxylic acids is 1. The lowest BCUT2D eigenvalue weighted by Crippen LogP contribution is -2.64. The molecule has 0 aliphatic heterocycles. The molecule has 11 atom stereocenters. The van der Waals surface area contributed by atoms with Crippen LogP contribution >= 0.6 is 0 Å². The van der Waals surface area contributed by atoms with E-state index in [1.165, 1.54) is 0 Å². The molecule has 0 amide bonds. The number of aliphatic carboxylic acids is 1. The number of aliphatic hydroxyl groups is 3. The standard InChI is InChI=1S/C24H40O5/c1-13(4-7-19(26)27)15-5-6-16-20-17(9-11-23(15,16)2)24(3)10-8-14(25)12-18(24)21(28)22(20)29/h13-18,20-22,25,28-29H,4-12H2,1-3H3,(H,26,27)/t13-,14-,15-,16-,17-,18+,20+,21-,22-,23-,24-/m1/s1. The van der Waals surface area contributed by atoms with Crippen LogP contribution in [0.2, 0.25) is 0 Å². The Hall–Kier alpha value is -0.650. The summed E-state index contributed by atoms with van der Waals surface area (Å²) in [6.45, 7) is 6.89. The molecule has 5 heteroatoms. The number of carbonyl (C=O) groups is 1. The second-order valence-corrected chi connectivity index (χ2v) is 11.5. The molecule has 0 aromatic rings. The van der Waals surface area contributed by atoms with Crippen LogP contribution in [0, 0.1) is 46.3 Å². The molecule has 4 fully saturated rings. The molecule has 29 heavy (non-hydrogen) atoms. The Morgan fingerprint density at radius 2 is 1.59 bits per heavy atom. The molecule has 5 nitrogen and oxygen atoms in total. The first-order chi connectivity index (χ1) is 13.6. The number of carboxylic acid groups (broad SMARTS) is 1. The minimum Gasteiger partial charge on any atom is -0.481 e. The van der Waals surface area contributed by atoms with Crippen LogP contribution in [0.3, 0.4) is 0 Å². The third-order valence-electron chi connectivity index (χ3n) is 10.3. The first kappa shape index (κ1) is 21.6. The van der Waals surface area contributed by atoms with Crippen LogP contribution in [0.4, 0.5) is 0 Å². The van der Waals surface area contributed by atoms with Crippen LogP contribution in [0.15, 0.2) is 0 Å². The molecule has 4 rings (SSSR count). The third-order valence-corrected chi connectivity index (χ3v) is 10.3. The summed E-state index contributed by atoms with van der Waals surface area (Å²) in [6, 6.07) is 0. The van der Waals surface area contributed by atoms with Crippen molar-refractivity contribution < 1.29 is 25.2 Å². The molecule has 0 saturated heterocycles. The third kappa shape index (κ3) is 3.27. The Morgan fingerprint density at radius 3 is 2.28 bits per heavy atom. The first-order valence-corrected chi connectivity index (χ1v) is 11.9. The molecule has 166 valence electrons. The van der Waals surface area contributed by atoms with Gasteiger partial charge in [-0.1, -0.05) is 20.8 Å². The van der Waals surface area contributed by atoms with E-state index in [1.807, 2.05) is 0 Å². The van der Waals surface area contributed by atoms with E-state index in [0.29, 0.717) is 30.1 Å². The van der Waals surface area contributed by atoms with Crippen molar-refractivity contribution in [3.05, 3.63) is 0 Å². The minimum atomic E-state index is -0.748. The Bertz CT molecular complexity index is 637. The molecule has 4 N–H and O–H groups in total. The fourth-order valence-corrected chi connectivity index (χ4v) is 8.77. The lowest BCUT2D eigenvalue weighted by atomic mass is 9.43. The van der Waals surface area contributed by atoms with Crippen LogP contribution in [0.25, 0.3) is 0 Å². The Balaban J connectivity index is 1.59. The molecule has 0 radical (unpaired) electrons. The molecule has 4 aliphatic rings. The van der Waals surface area contributed by atoms with E-state index >= 15 is 0 Å². The summed E-state index contributed by atoms with van der Waals surface area (Å²) in [4.78, 5) is 11.1. The van der Waals surface area contributed by atoms with Gasteiger partial charge in [0.25, 0.3) is 0 Å². The van der Waals surface area contributed by atoms with E-state index < -0.39 is 18.2 Å². The summed E-state index contributed by atoms with van der Waals surface area (Å²) in [5.41, 5.74) is 0.119. The summed E-state index contributed by atoms with van der Waals surface area (Å²) in [5, 5.41) is 41.7. The summed E-state index contributed by atoms with van der Waals surface area (Å²) < 4.78 is 0. The van der Waals surface area contributed by atoms with Crippen molar-refractivity contribution in [1.29, 1.82) is 0 Å². The SMILES string of the molecule is C[C@H](CCC(=O)O)[C@H]1CC[C@@H]2[C@@H]3[C@@H](O)[C@H](O)[C@@H]4C[C@H](O)CC[C@]4(C)[C@@H]3CC[C@@]21C. The van der Waals surface area contributed by atoms with Crippen molar-refractivity contribution in [3.8, 4) is 0 Å². The van der Waals surface area contributed by atoms with Crippen LogP contribution in [0.1, 0.15) is 78.6 Å². The van der Waals surface area contributed by atoms with E-state index in [2.05, 4.69) is 20.8 Å². The molecule has 4 saturated carbocycles. The van der Waals surface area contributed by atoms with Gasteiger partial charge in [0.2, 0.25) is 0 Å². The summed E-state index contributed by atoms with van der Waals surface area (Å²) in [6.07, 6.45) is 5.87. The van der Waals surface area contributed by atoms with Crippen molar-refractivity contribution in [2.45, 2.75) is 96.9 Å². The summed E-state index contributed by atoms with van der Waals surface area (Å²) >= 11 is 0. The van der Waals surface area contributed by atoms with Crippen LogP contribution < -0.4 is 0 Å². The zero-order valence-corrected chi connectivity index (χ0v) is 18.3. The van der Waals surface area contributed by atoms with Gasteiger partial charge in [-0.15, -0.1) is 0 Å². The van der Waals surface area contributed by atoms with Crippen LogP contribution in [0.5, 0.6) is 0 Å². The molecule has 0 unspecified atom stereocenters. The van der Waals surface area contributed by atoms with Gasteiger partial charge in [-0.25, -0.2) is 0 Å². The van der Waals surface area contributed by atoms with Gasteiger partial charge in [0, 0.05) is 6.42 Å². The van der Waals surface area contributed by atoms with E-state index in [4.69, 9.17) is 5.11 Å². The molecular weight excluding hydrogens is 368 g/mol. The van der Waals surface area contributed by atoms with Gasteiger partial charge in [-0.3, -0.25) is 4.79 Å². The second-order valence-electron chi connectivity index (χ2n) is 11.5. The van der Waals surface area contributed by atoms with Crippen molar-refractivity contribution in [3.63, 3.8) is 0 Å². The zero-order chi connectivity index (χ0) is 21.1. The van der Waals surface area contributed by atoms with Gasteiger partial charge in [0.1, 0.15) is 0 Å². The maximum absolute atomic E-state index is 11.3. The molecule has 0 aromatic heterocycles. The lowest BCUT2D eigenvalue weighted by Gasteiger charge is -2.63. The highest BCUT2D eigenvalue weighted by Crippen LogP contribution is 2.68. The summed E-state index contributed by atoms with van der Waals surface area (Å²) in [7, 11) is 0. The molecular formula is C24H40O5. The topological polar surface area (TPSA) is 98.0 Å². The number of fused-ring (bicyclic) bond motifs is 5. The quantitative estimate of drug-likeness (QED) is 0.571. The van der Waals surface area contributed by atoms with Gasteiger partial charge < -0.3 is 20.4 Å². The number of hydrogen-bond acceptors (Lipinski definition) is 4. The lowest BCUT2D eigenvalue weighted by molar-refractivity contribution is -0.223. The molecule has 0 aromatic carbocycles. The Kier molecular flexibility index (Phi) is 5.57. The van der Waals surface area contributed by atoms with Gasteiger partial charge in [0.15, 0.2) is 0 Å². The van der Waals surface area contributed by atoms with Crippen molar-refractivity contribution >= 4 is 5.97 Å². The summed E-state index contributed by atoms with van der Waals surface area (Å²) in [5.74, 6) is 1.06. The van der Waals surface area contributed by atoms with E-state index in [-0.39, 0.29) is 35.2 Å². The van der Waals surface area contributed by atoms with E-state index in [0.717, 1.165) is 44.9 Å². The largest absolute Gasteiger partial charge is 0.481 e. The van der Waals surface area contributed by atoms with Crippen molar-refractivity contribution in [1.82, 2.24) is 0 Å². The molecule has 0 bridgehead atoms. The normalized spacial score (nSPS) is 52.9. The number of rotatable bonds is 4. The van der Waals surface area contributed by atoms with Crippen LogP contribution in [-0.2, 0) is 4.79 Å². The van der Waals surface area contributed by atoms with Crippen LogP contribution in [-0.4, -0.2) is 44.7 Å². The average molecular weight is 409 g/mol. The zero-order valence-electron chi connectivity index (χ0n) is 18.3. The Morgan fingerprint density at radius 1 is 0.931 bits per heavy atom. The highest BCUT2D eigenvalue weighted by molar-refractivity contribution is 5.66. The average Bonchev–Trinajstić information content (AvgIpc) is 3.02. The Labute approximate surface area is 174 Å². The number of aliphatic hydroxyl groups excluding tert-OH is 3. The maximum Gasteiger partial charge on any atom is 0.303 e. The van der Waals surface area contributed by atoms with Gasteiger partial charge >= 0.3 is 5.97 Å². The van der Waals surface area contributed by atoms with Gasteiger partial charge in [-0.2, -0.15) is 0 Å². The monoisotopic (exact) mass is 408 g/mol. The minimum absolute atomic E-state index is 0.00309. The molecule has 0 heterocycles. The fourth-order valence-electron chi connectivity index (χ4n) is 8.77. The van der Waals surface area contributed by atoms with Gasteiger partial charge in [0.05, 0.1) is 18.3 Å². The molecule has 0 spiro atoms. The maximum atomic E-state index is 11.3.